The zero-order valence-corrected chi connectivity index (χ0v) is 16.8. The molecule has 0 N–H and O–H groups in total. The van der Waals surface area contributed by atoms with Crippen LogP contribution < -0.4 is 9.47 Å². The van der Waals surface area contributed by atoms with E-state index in [0.717, 1.165) is 46.3 Å². The molecule has 1 fully saturated rings. The van der Waals surface area contributed by atoms with Crippen molar-refractivity contribution in [2.24, 2.45) is 0 Å². The molecule has 3 heterocycles. The quantitative estimate of drug-likeness (QED) is 0.613. The summed E-state index contributed by atoms with van der Waals surface area (Å²) in [5.74, 6) is 1.47. The van der Waals surface area contributed by atoms with Crippen molar-refractivity contribution < 1.29 is 14.3 Å². The summed E-state index contributed by atoms with van der Waals surface area (Å²) in [5, 5.41) is 4.77. The van der Waals surface area contributed by atoms with E-state index in [2.05, 4.69) is 4.98 Å². The Morgan fingerprint density at radius 1 is 1.22 bits per heavy atom. The molecule has 1 aromatic carbocycles. The lowest BCUT2D eigenvalue weighted by Gasteiger charge is -2.26. The van der Waals surface area contributed by atoms with Gasteiger partial charge in [-0.2, -0.15) is 0 Å². The van der Waals surface area contributed by atoms with Crippen molar-refractivity contribution >= 4 is 28.6 Å². The van der Waals surface area contributed by atoms with Crippen LogP contribution in [-0.4, -0.2) is 36.6 Å². The average molecular weight is 401 g/mol. The first-order valence-corrected chi connectivity index (χ1v) is 10.5. The van der Waals surface area contributed by atoms with Gasteiger partial charge < -0.3 is 14.4 Å². The largest absolute Gasteiger partial charge is 0.497 e. The summed E-state index contributed by atoms with van der Waals surface area (Å²) in [4.78, 5) is 20.7. The van der Waals surface area contributed by atoms with Gasteiger partial charge in [0.2, 0.25) is 0 Å². The van der Waals surface area contributed by atoms with Crippen LogP contribution >= 0.6 is 22.7 Å². The summed E-state index contributed by atoms with van der Waals surface area (Å²) < 4.78 is 10.8. The molecule has 140 valence electrons. The molecular weight excluding hydrogens is 380 g/mol. The number of aromatic nitrogens is 1. The average Bonchev–Trinajstić information content (AvgIpc) is 3.47. The Balaban J connectivity index is 1.61. The highest BCUT2D eigenvalue weighted by Crippen LogP contribution is 2.39. The normalized spacial score (nSPS) is 16.5. The van der Waals surface area contributed by atoms with Crippen molar-refractivity contribution in [2.45, 2.75) is 18.9 Å². The number of thiophene rings is 1. The fraction of sp³-hybridized carbons (Fsp3) is 0.300. The molecule has 0 spiro atoms. The van der Waals surface area contributed by atoms with Crippen molar-refractivity contribution in [1.82, 2.24) is 9.88 Å². The van der Waals surface area contributed by atoms with Gasteiger partial charge in [-0.1, -0.05) is 6.07 Å². The van der Waals surface area contributed by atoms with Crippen LogP contribution in [0.2, 0.25) is 0 Å². The van der Waals surface area contributed by atoms with E-state index in [0.29, 0.717) is 5.69 Å². The van der Waals surface area contributed by atoms with Crippen molar-refractivity contribution in [2.75, 3.05) is 20.8 Å². The number of amides is 1. The van der Waals surface area contributed by atoms with Crippen LogP contribution in [0.15, 0.2) is 41.1 Å². The van der Waals surface area contributed by atoms with Crippen molar-refractivity contribution in [3.63, 3.8) is 0 Å². The van der Waals surface area contributed by atoms with E-state index in [1.165, 1.54) is 11.3 Å². The standard InChI is InChI=1S/C20H20N2O3S2/c1-24-13-7-8-14(17(11-13)25-2)16-5-3-9-22(16)20(23)15-12-27-19(21-15)18-6-4-10-26-18/h4,6-8,10-12,16H,3,5,9H2,1-2H3/t16-/m0/s1. The first-order valence-electron chi connectivity index (χ1n) is 8.73. The highest BCUT2D eigenvalue weighted by Gasteiger charge is 2.33. The number of methoxy groups -OCH3 is 2. The molecule has 1 aliphatic heterocycles. The predicted octanol–water partition coefficient (Wildman–Crippen LogP) is 4.87. The monoisotopic (exact) mass is 400 g/mol. The minimum absolute atomic E-state index is 0.00903. The van der Waals surface area contributed by atoms with Gasteiger partial charge in [-0.05, 0) is 36.4 Å². The lowest BCUT2D eigenvalue weighted by Crippen LogP contribution is -2.31. The molecular formula is C20H20N2O3S2. The summed E-state index contributed by atoms with van der Waals surface area (Å²) in [6.45, 7) is 0.727. The minimum atomic E-state index is -0.0190. The number of likely N-dealkylation sites (tertiary alicyclic amines) is 1. The Bertz CT molecular complexity index is 937. The number of ether oxygens (including phenoxy) is 2. The van der Waals surface area contributed by atoms with Gasteiger partial charge in [0.25, 0.3) is 5.91 Å². The Morgan fingerprint density at radius 3 is 2.85 bits per heavy atom. The van der Waals surface area contributed by atoms with Crippen LogP contribution in [-0.2, 0) is 0 Å². The maximum absolute atomic E-state index is 13.1. The maximum Gasteiger partial charge on any atom is 0.273 e. The lowest BCUT2D eigenvalue weighted by atomic mass is 10.0. The van der Waals surface area contributed by atoms with Crippen LogP contribution in [0.5, 0.6) is 11.5 Å². The first-order chi connectivity index (χ1) is 13.2. The van der Waals surface area contributed by atoms with Gasteiger partial charge in [-0.25, -0.2) is 4.98 Å². The second-order valence-corrected chi connectivity index (χ2v) is 8.09. The molecule has 0 saturated carbocycles. The van der Waals surface area contributed by atoms with E-state index < -0.39 is 0 Å². The lowest BCUT2D eigenvalue weighted by molar-refractivity contribution is 0.0729. The first kappa shape index (κ1) is 18.0. The fourth-order valence-corrected chi connectivity index (χ4v) is 5.07. The van der Waals surface area contributed by atoms with Crippen LogP contribution in [0.25, 0.3) is 9.88 Å². The Morgan fingerprint density at radius 2 is 2.11 bits per heavy atom. The molecule has 7 heteroatoms. The molecule has 4 rings (SSSR count). The Labute approximate surface area is 166 Å². The molecule has 1 saturated heterocycles. The SMILES string of the molecule is COc1ccc([C@@H]2CCCN2C(=O)c2csc(-c3cccs3)n2)c(OC)c1. The van der Waals surface area contributed by atoms with Crippen LogP contribution in [0.3, 0.4) is 0 Å². The highest BCUT2D eigenvalue weighted by molar-refractivity contribution is 7.20. The van der Waals surface area contributed by atoms with E-state index in [4.69, 9.17) is 9.47 Å². The molecule has 27 heavy (non-hydrogen) atoms. The Hall–Kier alpha value is -2.38. The van der Waals surface area contributed by atoms with E-state index >= 15 is 0 Å². The molecule has 0 bridgehead atoms. The van der Waals surface area contributed by atoms with E-state index in [9.17, 15) is 4.79 Å². The minimum Gasteiger partial charge on any atom is -0.497 e. The number of rotatable bonds is 5. The zero-order valence-electron chi connectivity index (χ0n) is 15.2. The van der Waals surface area contributed by atoms with Gasteiger partial charge in [-0.3, -0.25) is 4.79 Å². The smallest absolute Gasteiger partial charge is 0.273 e. The second-order valence-electron chi connectivity index (χ2n) is 6.28. The number of hydrogen-bond donors (Lipinski definition) is 0. The van der Waals surface area contributed by atoms with Gasteiger partial charge in [0.1, 0.15) is 22.2 Å². The fourth-order valence-electron chi connectivity index (χ4n) is 3.46. The number of carbonyl (C=O) groups excluding carboxylic acids is 1. The summed E-state index contributed by atoms with van der Waals surface area (Å²) in [6.07, 6.45) is 1.88. The van der Waals surface area contributed by atoms with Crippen LogP contribution in [0.1, 0.15) is 34.9 Å². The van der Waals surface area contributed by atoms with E-state index in [1.54, 1.807) is 25.6 Å². The molecule has 5 nitrogen and oxygen atoms in total. The van der Waals surface area contributed by atoms with Crippen molar-refractivity contribution in [3.8, 4) is 21.4 Å². The molecule has 3 aromatic rings. The summed E-state index contributed by atoms with van der Waals surface area (Å²) in [6, 6.07) is 9.79. The molecule has 1 amide bonds. The third-order valence-corrected chi connectivity index (χ3v) is 6.65. The highest BCUT2D eigenvalue weighted by atomic mass is 32.1. The molecule has 1 atom stereocenters. The predicted molar refractivity (Wildman–Crippen MR) is 108 cm³/mol. The van der Waals surface area contributed by atoms with Crippen molar-refractivity contribution in [3.05, 3.63) is 52.3 Å². The van der Waals surface area contributed by atoms with E-state index in [1.807, 2.05) is 46.0 Å². The molecule has 1 aliphatic rings. The third-order valence-electron chi connectivity index (χ3n) is 4.77. The molecule has 0 aliphatic carbocycles. The summed E-state index contributed by atoms with van der Waals surface area (Å²) in [5.41, 5.74) is 1.53. The second kappa shape index (κ2) is 7.70. The summed E-state index contributed by atoms with van der Waals surface area (Å²) in [7, 11) is 3.28. The molecule has 0 unspecified atom stereocenters. The zero-order chi connectivity index (χ0) is 18.8. The van der Waals surface area contributed by atoms with E-state index in [-0.39, 0.29) is 11.9 Å². The number of hydrogen-bond acceptors (Lipinski definition) is 6. The van der Waals surface area contributed by atoms with Gasteiger partial charge in [0.15, 0.2) is 0 Å². The Kier molecular flexibility index (Phi) is 5.13. The number of thiazole rings is 1. The van der Waals surface area contributed by atoms with Crippen LogP contribution in [0.4, 0.5) is 0 Å². The number of carbonyl (C=O) groups is 1. The molecule has 0 radical (unpaired) electrons. The van der Waals surface area contributed by atoms with Gasteiger partial charge in [0, 0.05) is 23.6 Å². The van der Waals surface area contributed by atoms with Gasteiger partial charge in [-0.15, -0.1) is 22.7 Å². The topological polar surface area (TPSA) is 51.7 Å². The molecule has 2 aromatic heterocycles. The van der Waals surface area contributed by atoms with Crippen LogP contribution in [0, 0.1) is 0 Å². The van der Waals surface area contributed by atoms with Crippen molar-refractivity contribution in [1.29, 1.82) is 0 Å². The van der Waals surface area contributed by atoms with Gasteiger partial charge >= 0.3 is 0 Å². The van der Waals surface area contributed by atoms with Gasteiger partial charge in [0.05, 0.1) is 25.1 Å². The number of nitrogens with zero attached hydrogens (tertiary/aromatic N) is 2. The third kappa shape index (κ3) is 3.44. The number of benzene rings is 1. The summed E-state index contributed by atoms with van der Waals surface area (Å²) >= 11 is 3.15. The maximum atomic E-state index is 13.1.